The first kappa shape index (κ1) is 33.7. The number of allylic oxidation sites excluding steroid dienone is 1. The lowest BCUT2D eigenvalue weighted by atomic mass is 9.96. The smallest absolute Gasteiger partial charge is 0.382 e. The van der Waals surface area contributed by atoms with Crippen LogP contribution in [-0.4, -0.2) is 90.6 Å². The molecule has 2 saturated heterocycles. The van der Waals surface area contributed by atoms with Crippen LogP contribution in [0.4, 0.5) is 5.82 Å². The summed E-state index contributed by atoms with van der Waals surface area (Å²) in [5.74, 6) is -3.08. The maximum atomic E-state index is 12.4. The minimum Gasteiger partial charge on any atom is -0.382 e. The van der Waals surface area contributed by atoms with Crippen LogP contribution in [0.1, 0.15) is 6.23 Å². The van der Waals surface area contributed by atoms with E-state index >= 15 is 0 Å². The van der Waals surface area contributed by atoms with Crippen molar-refractivity contribution in [2.75, 3.05) is 12.3 Å². The summed E-state index contributed by atoms with van der Waals surface area (Å²) in [6.07, 6.45) is -3.73. The highest BCUT2D eigenvalue weighted by molar-refractivity contribution is 7.66. The second kappa shape index (κ2) is 11.5. The molecule has 250 valence electrons. The van der Waals surface area contributed by atoms with Crippen molar-refractivity contribution in [3.05, 3.63) is 66.5 Å². The lowest BCUT2D eigenvalue weighted by Gasteiger charge is -2.30. The fourth-order valence-electron chi connectivity index (χ4n) is 4.76. The van der Waals surface area contributed by atoms with Crippen molar-refractivity contribution in [3.8, 4) is 0 Å². The van der Waals surface area contributed by atoms with Gasteiger partial charge in [-0.2, -0.15) is 8.62 Å². The molecule has 0 amide bonds. The van der Waals surface area contributed by atoms with E-state index in [9.17, 15) is 53.8 Å². The van der Waals surface area contributed by atoms with Crippen molar-refractivity contribution < 1.29 is 75.4 Å². The number of hydrogen-bond acceptors (Lipinski definition) is 19. The number of rotatable bonds is 11. The van der Waals surface area contributed by atoms with E-state index in [4.69, 9.17) is 29.7 Å². The SMILES string of the molecule is Nc1ncnc2c1ncn2[C@@H]1O[C@H](COP(=O)(O)OP(=O)(O)OP(=O)(O)O)[C@H]2OC3(O[C@H]21)C([N+](=O)[O-])=CC([N+](=O)[O-])=CC3[N+](=O)[O-]. The van der Waals surface area contributed by atoms with E-state index in [-0.39, 0.29) is 17.0 Å². The number of nitrogens with zero attached hydrogens (tertiary/aromatic N) is 7. The minimum atomic E-state index is -5.94. The van der Waals surface area contributed by atoms with Crippen molar-refractivity contribution in [3.63, 3.8) is 0 Å². The van der Waals surface area contributed by atoms with Crippen molar-refractivity contribution in [1.82, 2.24) is 19.5 Å². The Hall–Kier alpha value is -3.68. The van der Waals surface area contributed by atoms with E-state index in [1.165, 1.54) is 0 Å². The molecule has 4 heterocycles. The fourth-order valence-corrected chi connectivity index (χ4v) is 7.79. The Labute approximate surface area is 251 Å². The molecule has 30 heteroatoms. The standard InChI is InChI=1S/C16H17N8O19P3/c17-13-10-14(19-4-18-13)21(5-20-10)15-12-11(7(39-15)3-38-45(34,35)43-46(36,37)42-44(31,32)33)40-16(41-12)8(23(27)28)1-6(22(25)26)2-9(16)24(29)30/h1-2,4-5,7-8,11-12,15H,3H2,(H,34,35)(H,36,37)(H2,17,18,19)(H2,31,32,33)/t7-,8?,11-,12-,15-,16?/m1/s1. The highest BCUT2D eigenvalue weighted by Gasteiger charge is 2.72. The molecular formula is C16H17N8O19P3. The zero-order chi connectivity index (χ0) is 34.0. The van der Waals surface area contributed by atoms with E-state index in [0.29, 0.717) is 12.2 Å². The van der Waals surface area contributed by atoms with Gasteiger partial charge in [-0.1, -0.05) is 0 Å². The predicted octanol–water partition coefficient (Wildman–Crippen LogP) is -0.890. The molecule has 6 N–H and O–H groups in total. The Bertz CT molecular complexity index is 1840. The van der Waals surface area contributed by atoms with Gasteiger partial charge in [0.05, 0.1) is 34.9 Å². The first-order chi connectivity index (χ1) is 21.2. The number of nitro groups is 3. The molecule has 2 fully saturated rings. The van der Waals surface area contributed by atoms with Gasteiger partial charge in [0.15, 0.2) is 17.7 Å². The van der Waals surface area contributed by atoms with Crippen LogP contribution in [0.15, 0.2) is 36.2 Å². The number of hydrogen-bond donors (Lipinski definition) is 5. The first-order valence-electron chi connectivity index (χ1n) is 11.8. The van der Waals surface area contributed by atoms with E-state index in [0.717, 1.165) is 17.2 Å². The Balaban J connectivity index is 1.53. The van der Waals surface area contributed by atoms with Gasteiger partial charge in [-0.3, -0.25) is 39.4 Å². The van der Waals surface area contributed by atoms with Crippen LogP contribution in [-0.2, 0) is 41.1 Å². The van der Waals surface area contributed by atoms with E-state index < -0.39 is 92.6 Å². The third kappa shape index (κ3) is 6.32. The summed E-state index contributed by atoms with van der Waals surface area (Å²) in [5.41, 5.74) is 3.47. The molecule has 1 spiro atoms. The second-order valence-corrected chi connectivity index (χ2v) is 13.7. The molecule has 0 radical (unpaired) electrons. The monoisotopic (exact) mass is 718 g/mol. The molecule has 0 bridgehead atoms. The summed E-state index contributed by atoms with van der Waals surface area (Å²) in [6, 6.07) is -2.42. The normalized spacial score (nSPS) is 30.3. The molecule has 2 aliphatic heterocycles. The maximum Gasteiger partial charge on any atom is 0.490 e. The molecular weight excluding hydrogens is 701 g/mol. The zero-order valence-corrected chi connectivity index (χ0v) is 24.5. The number of phosphoric acid groups is 3. The average Bonchev–Trinajstić information content (AvgIpc) is 3.58. The molecule has 27 nitrogen and oxygen atoms in total. The van der Waals surface area contributed by atoms with Crippen LogP contribution in [0.3, 0.4) is 0 Å². The van der Waals surface area contributed by atoms with Crippen LogP contribution in [0.25, 0.3) is 11.2 Å². The van der Waals surface area contributed by atoms with Crippen LogP contribution in [0.5, 0.6) is 0 Å². The summed E-state index contributed by atoms with van der Waals surface area (Å²) < 4.78 is 65.4. The second-order valence-electron chi connectivity index (χ2n) is 9.23. The molecule has 8 atom stereocenters. The van der Waals surface area contributed by atoms with Gasteiger partial charge in [-0.25, -0.2) is 28.6 Å². The van der Waals surface area contributed by atoms with E-state index in [1.807, 2.05) is 0 Å². The van der Waals surface area contributed by atoms with Crippen LogP contribution < -0.4 is 5.73 Å². The van der Waals surface area contributed by atoms with Gasteiger partial charge in [-0.15, -0.1) is 0 Å². The van der Waals surface area contributed by atoms with Crippen LogP contribution in [0, 0.1) is 30.3 Å². The van der Waals surface area contributed by atoms with Gasteiger partial charge in [-0.05, 0) is 0 Å². The van der Waals surface area contributed by atoms with E-state index in [1.54, 1.807) is 0 Å². The predicted molar refractivity (Wildman–Crippen MR) is 137 cm³/mol. The number of aromatic nitrogens is 4. The summed E-state index contributed by atoms with van der Waals surface area (Å²) in [4.78, 5) is 80.6. The van der Waals surface area contributed by atoms with Gasteiger partial charge in [0.25, 0.3) is 5.70 Å². The molecule has 0 aromatic carbocycles. The number of nitrogen functional groups attached to an aromatic ring is 1. The highest BCUT2D eigenvalue weighted by atomic mass is 31.3. The summed E-state index contributed by atoms with van der Waals surface area (Å²) in [7, 11) is -17.4. The Morgan fingerprint density at radius 3 is 2.26 bits per heavy atom. The maximum absolute atomic E-state index is 12.4. The van der Waals surface area contributed by atoms with Crippen molar-refractivity contribution in [2.45, 2.75) is 36.4 Å². The third-order valence-corrected chi connectivity index (χ3v) is 10.2. The zero-order valence-electron chi connectivity index (χ0n) is 21.9. The highest BCUT2D eigenvalue weighted by Crippen LogP contribution is 2.66. The average molecular weight is 718 g/mol. The largest absolute Gasteiger partial charge is 0.490 e. The summed E-state index contributed by atoms with van der Waals surface area (Å²) >= 11 is 0. The number of anilines is 1. The Morgan fingerprint density at radius 1 is 0.978 bits per heavy atom. The lowest BCUT2D eigenvalue weighted by Crippen LogP contribution is -2.53. The molecule has 5 rings (SSSR count). The van der Waals surface area contributed by atoms with Crippen molar-refractivity contribution >= 4 is 40.4 Å². The molecule has 46 heavy (non-hydrogen) atoms. The summed E-state index contributed by atoms with van der Waals surface area (Å²) in [5, 5.41) is 35.6. The Morgan fingerprint density at radius 2 is 1.65 bits per heavy atom. The molecule has 1 aliphatic carbocycles. The molecule has 4 unspecified atom stereocenters. The molecule has 2 aromatic rings. The third-order valence-electron chi connectivity index (χ3n) is 6.38. The molecule has 3 aliphatic rings. The number of nitrogens with two attached hydrogens (primary N) is 1. The summed E-state index contributed by atoms with van der Waals surface area (Å²) in [6.45, 7) is -1.19. The van der Waals surface area contributed by atoms with Crippen LogP contribution >= 0.6 is 23.5 Å². The Kier molecular flexibility index (Phi) is 8.44. The lowest BCUT2D eigenvalue weighted by molar-refractivity contribution is -0.569. The number of phosphoric ester groups is 1. The minimum absolute atomic E-state index is 0.0123. The fraction of sp³-hybridized carbons (Fsp3) is 0.438. The first-order valence-corrected chi connectivity index (χ1v) is 16.3. The van der Waals surface area contributed by atoms with Gasteiger partial charge in [0.1, 0.15) is 30.2 Å². The quantitative estimate of drug-likeness (QED) is 0.107. The van der Waals surface area contributed by atoms with Crippen molar-refractivity contribution in [1.29, 1.82) is 0 Å². The molecule has 0 saturated carbocycles. The number of fused-ring (bicyclic) bond motifs is 2. The van der Waals surface area contributed by atoms with Gasteiger partial charge < -0.3 is 39.5 Å². The topological polar surface area (TPSA) is 387 Å². The van der Waals surface area contributed by atoms with Gasteiger partial charge in [0, 0.05) is 4.92 Å². The van der Waals surface area contributed by atoms with Gasteiger partial charge in [0.2, 0.25) is 0 Å². The molecule has 2 aromatic heterocycles. The number of ether oxygens (including phenoxy) is 3. The van der Waals surface area contributed by atoms with E-state index in [2.05, 4.69) is 28.1 Å². The van der Waals surface area contributed by atoms with Crippen LogP contribution in [0.2, 0.25) is 0 Å². The van der Waals surface area contributed by atoms with Crippen molar-refractivity contribution in [2.24, 2.45) is 0 Å². The van der Waals surface area contributed by atoms with Gasteiger partial charge >= 0.3 is 41.0 Å². The number of imidazole rings is 1.